The first-order valence-corrected chi connectivity index (χ1v) is 12.0. The van der Waals surface area contributed by atoms with E-state index in [9.17, 15) is 14.4 Å². The van der Waals surface area contributed by atoms with Crippen LogP contribution in [0.3, 0.4) is 0 Å². The van der Waals surface area contributed by atoms with Gasteiger partial charge in [-0.15, -0.1) is 0 Å². The van der Waals surface area contributed by atoms with E-state index in [0.717, 1.165) is 20.5 Å². The summed E-state index contributed by atoms with van der Waals surface area (Å²) in [5.74, 6) is -1.07. The van der Waals surface area contributed by atoms with Crippen LogP contribution >= 0.6 is 27.5 Å². The van der Waals surface area contributed by atoms with Gasteiger partial charge in [0.25, 0.3) is 11.8 Å². The van der Waals surface area contributed by atoms with Crippen LogP contribution in [0.4, 0.5) is 10.5 Å². The highest BCUT2D eigenvalue weighted by Gasteiger charge is 2.37. The molecule has 6 nitrogen and oxygen atoms in total. The molecule has 0 saturated carbocycles. The van der Waals surface area contributed by atoms with Crippen molar-refractivity contribution < 1.29 is 19.1 Å². The number of benzene rings is 3. The maximum absolute atomic E-state index is 13.3. The molecular formula is C27H22BrClN2O4. The number of hydrogen-bond donors (Lipinski definition) is 1. The number of anilines is 1. The molecule has 4 rings (SSSR count). The number of urea groups is 1. The van der Waals surface area contributed by atoms with Gasteiger partial charge in [0.1, 0.15) is 17.9 Å². The fourth-order valence-electron chi connectivity index (χ4n) is 3.72. The number of imide groups is 2. The summed E-state index contributed by atoms with van der Waals surface area (Å²) in [6.45, 7) is 6.14. The smallest absolute Gasteiger partial charge is 0.335 e. The number of nitrogens with zero attached hydrogens (tertiary/aromatic N) is 1. The molecule has 0 aromatic heterocycles. The lowest BCUT2D eigenvalue weighted by Crippen LogP contribution is -2.54. The molecule has 8 heteroatoms. The minimum absolute atomic E-state index is 0.204. The molecule has 1 aliphatic rings. The minimum atomic E-state index is -0.806. The van der Waals surface area contributed by atoms with Gasteiger partial charge in [-0.25, -0.2) is 9.69 Å². The molecule has 0 aliphatic carbocycles. The molecule has 1 N–H and O–H groups in total. The predicted molar refractivity (Wildman–Crippen MR) is 140 cm³/mol. The topological polar surface area (TPSA) is 75.7 Å². The maximum Gasteiger partial charge on any atom is 0.335 e. The third kappa shape index (κ3) is 5.31. The Balaban J connectivity index is 1.68. The van der Waals surface area contributed by atoms with E-state index in [4.69, 9.17) is 16.3 Å². The molecule has 1 aliphatic heterocycles. The zero-order chi connectivity index (χ0) is 25.3. The second-order valence-corrected chi connectivity index (χ2v) is 9.63. The van der Waals surface area contributed by atoms with Crippen LogP contribution in [0.25, 0.3) is 6.08 Å². The monoisotopic (exact) mass is 552 g/mol. The molecule has 0 unspecified atom stereocenters. The fraction of sp³-hybridized carbons (Fsp3) is 0.148. The highest BCUT2D eigenvalue weighted by atomic mass is 79.9. The van der Waals surface area contributed by atoms with Gasteiger partial charge in [0.05, 0.1) is 5.69 Å². The fourth-order valence-corrected chi connectivity index (χ4v) is 4.38. The first kappa shape index (κ1) is 24.7. The second-order valence-electron chi connectivity index (χ2n) is 8.28. The standard InChI is InChI=1S/C27H22BrClN2O4/c1-15-4-5-18(10-16(15)2)14-35-24-9-7-21(29)12-19(24)13-22-25(32)30-27(34)31(26(22)33)23-8-6-20(28)11-17(23)3/h4-13H,14H2,1-3H3,(H,30,32,34)/b22-13-. The largest absolute Gasteiger partial charge is 0.488 e. The molecule has 35 heavy (non-hydrogen) atoms. The van der Waals surface area contributed by atoms with E-state index in [2.05, 4.69) is 21.2 Å². The number of rotatable bonds is 5. The number of halogens is 2. The Hall–Kier alpha value is -3.42. The van der Waals surface area contributed by atoms with Gasteiger partial charge in [-0.1, -0.05) is 45.7 Å². The van der Waals surface area contributed by atoms with Crippen LogP contribution in [-0.4, -0.2) is 17.8 Å². The quantitative estimate of drug-likeness (QED) is 0.298. The Morgan fingerprint density at radius 3 is 2.43 bits per heavy atom. The zero-order valence-electron chi connectivity index (χ0n) is 19.3. The van der Waals surface area contributed by atoms with Gasteiger partial charge in [-0.05, 0) is 85.5 Å². The number of ether oxygens (including phenoxy) is 1. The van der Waals surface area contributed by atoms with Crippen LogP contribution in [0.2, 0.25) is 5.02 Å². The van der Waals surface area contributed by atoms with E-state index in [1.54, 1.807) is 43.3 Å². The third-order valence-corrected chi connectivity index (χ3v) is 6.47. The van der Waals surface area contributed by atoms with Gasteiger partial charge in [-0.2, -0.15) is 0 Å². The summed E-state index contributed by atoms with van der Waals surface area (Å²) < 4.78 is 6.82. The summed E-state index contributed by atoms with van der Waals surface area (Å²) in [5, 5.41) is 2.66. The van der Waals surface area contributed by atoms with Crippen LogP contribution in [0.1, 0.15) is 27.8 Å². The number of amides is 4. The van der Waals surface area contributed by atoms with Crippen molar-refractivity contribution in [2.75, 3.05) is 4.90 Å². The average molecular weight is 554 g/mol. The highest BCUT2D eigenvalue weighted by Crippen LogP contribution is 2.30. The first-order chi connectivity index (χ1) is 16.6. The molecule has 3 aromatic carbocycles. The van der Waals surface area contributed by atoms with Gasteiger partial charge in [-0.3, -0.25) is 14.9 Å². The van der Waals surface area contributed by atoms with Crippen molar-refractivity contribution in [3.63, 3.8) is 0 Å². The van der Waals surface area contributed by atoms with E-state index in [-0.39, 0.29) is 5.57 Å². The summed E-state index contributed by atoms with van der Waals surface area (Å²) in [6.07, 6.45) is 1.40. The summed E-state index contributed by atoms with van der Waals surface area (Å²) in [5.41, 5.74) is 4.64. The summed E-state index contributed by atoms with van der Waals surface area (Å²) >= 11 is 9.58. The second kappa shape index (κ2) is 10.1. The number of barbiturate groups is 1. The van der Waals surface area contributed by atoms with E-state index in [0.29, 0.717) is 34.2 Å². The van der Waals surface area contributed by atoms with Crippen LogP contribution in [0.5, 0.6) is 5.75 Å². The van der Waals surface area contributed by atoms with Crippen molar-refractivity contribution >= 4 is 57.1 Å². The first-order valence-electron chi connectivity index (χ1n) is 10.8. The lowest BCUT2D eigenvalue weighted by Gasteiger charge is -2.27. The summed E-state index contributed by atoms with van der Waals surface area (Å²) in [7, 11) is 0. The highest BCUT2D eigenvalue weighted by molar-refractivity contribution is 9.10. The molecule has 3 aromatic rings. The van der Waals surface area contributed by atoms with E-state index < -0.39 is 17.8 Å². The van der Waals surface area contributed by atoms with Crippen molar-refractivity contribution in [2.45, 2.75) is 27.4 Å². The predicted octanol–water partition coefficient (Wildman–Crippen LogP) is 6.27. The van der Waals surface area contributed by atoms with Crippen molar-refractivity contribution in [3.05, 3.63) is 97.5 Å². The lowest BCUT2D eigenvalue weighted by molar-refractivity contribution is -0.122. The Kier molecular flexibility index (Phi) is 7.10. The van der Waals surface area contributed by atoms with Gasteiger partial charge in [0.2, 0.25) is 0 Å². The summed E-state index contributed by atoms with van der Waals surface area (Å²) in [6, 6.07) is 15.4. The number of carbonyl (C=O) groups excluding carboxylic acids is 3. The van der Waals surface area contributed by atoms with Gasteiger partial charge in [0.15, 0.2) is 0 Å². The Bertz CT molecular complexity index is 1400. The molecule has 0 bridgehead atoms. The number of carbonyl (C=O) groups is 3. The normalized spacial score (nSPS) is 14.9. The van der Waals surface area contributed by atoms with Crippen LogP contribution < -0.4 is 15.0 Å². The zero-order valence-corrected chi connectivity index (χ0v) is 21.7. The van der Waals surface area contributed by atoms with Gasteiger partial charge >= 0.3 is 6.03 Å². The van der Waals surface area contributed by atoms with Crippen LogP contribution in [0, 0.1) is 20.8 Å². The molecule has 0 spiro atoms. The van der Waals surface area contributed by atoms with E-state index >= 15 is 0 Å². The maximum atomic E-state index is 13.3. The van der Waals surface area contributed by atoms with E-state index in [1.165, 1.54) is 11.6 Å². The average Bonchev–Trinajstić information content (AvgIpc) is 2.79. The Morgan fingerprint density at radius 1 is 0.943 bits per heavy atom. The third-order valence-electron chi connectivity index (χ3n) is 5.74. The van der Waals surface area contributed by atoms with Gasteiger partial charge < -0.3 is 4.74 Å². The molecule has 4 amide bonds. The van der Waals surface area contributed by atoms with Crippen molar-refractivity contribution in [2.24, 2.45) is 0 Å². The van der Waals surface area contributed by atoms with Crippen molar-refractivity contribution in [1.82, 2.24) is 5.32 Å². The number of nitrogens with one attached hydrogen (secondary N) is 1. The molecule has 1 heterocycles. The molecule has 0 radical (unpaired) electrons. The summed E-state index contributed by atoms with van der Waals surface area (Å²) in [4.78, 5) is 39.5. The molecule has 1 fully saturated rings. The molecule has 178 valence electrons. The van der Waals surface area contributed by atoms with Crippen LogP contribution in [-0.2, 0) is 16.2 Å². The lowest BCUT2D eigenvalue weighted by atomic mass is 10.0. The van der Waals surface area contributed by atoms with Crippen molar-refractivity contribution in [1.29, 1.82) is 0 Å². The molecule has 1 saturated heterocycles. The minimum Gasteiger partial charge on any atom is -0.488 e. The number of aryl methyl sites for hydroxylation is 3. The van der Waals surface area contributed by atoms with Gasteiger partial charge in [0, 0.05) is 15.1 Å². The van der Waals surface area contributed by atoms with Crippen molar-refractivity contribution in [3.8, 4) is 5.75 Å². The Morgan fingerprint density at radius 2 is 1.71 bits per heavy atom. The SMILES string of the molecule is Cc1ccc(COc2ccc(Cl)cc2/C=C2/C(=O)NC(=O)N(c3ccc(Br)cc3C)C2=O)cc1C. The molecular weight excluding hydrogens is 532 g/mol. The number of hydrogen-bond acceptors (Lipinski definition) is 4. The van der Waals surface area contributed by atoms with Crippen LogP contribution in [0.15, 0.2) is 64.6 Å². The van der Waals surface area contributed by atoms with E-state index in [1.807, 2.05) is 32.0 Å². The Labute approximate surface area is 216 Å². The molecule has 0 atom stereocenters.